The van der Waals surface area contributed by atoms with Gasteiger partial charge < -0.3 is 10.2 Å². The molecule has 0 amide bonds. The van der Waals surface area contributed by atoms with E-state index in [1.807, 2.05) is 0 Å². The van der Waals surface area contributed by atoms with Crippen LogP contribution in [0.1, 0.15) is 39.5 Å². The van der Waals surface area contributed by atoms with Gasteiger partial charge in [0.15, 0.2) is 0 Å². The lowest BCUT2D eigenvalue weighted by Gasteiger charge is -2.17. The number of likely N-dealkylation sites (N-methyl/N-ethyl adjacent to an activating group) is 1. The van der Waals surface area contributed by atoms with Crippen LogP contribution >= 0.6 is 0 Å². The second kappa shape index (κ2) is 6.19. The van der Waals surface area contributed by atoms with Crippen LogP contribution in [-0.4, -0.2) is 38.1 Å². The molecule has 2 aliphatic rings. The summed E-state index contributed by atoms with van der Waals surface area (Å²) in [6.07, 6.45) is 6.04. The number of fused-ring (bicyclic) bond motifs is 1. The summed E-state index contributed by atoms with van der Waals surface area (Å²) in [6, 6.07) is 0. The van der Waals surface area contributed by atoms with E-state index in [1.54, 1.807) is 0 Å². The highest BCUT2D eigenvalue weighted by atomic mass is 15.1. The summed E-state index contributed by atoms with van der Waals surface area (Å²) in [7, 11) is 2.29. The van der Waals surface area contributed by atoms with Gasteiger partial charge in [0.2, 0.25) is 0 Å². The molecular weight excluding hydrogens is 208 g/mol. The summed E-state index contributed by atoms with van der Waals surface area (Å²) in [4.78, 5) is 2.54. The monoisotopic (exact) mass is 238 g/mol. The zero-order chi connectivity index (χ0) is 12.3. The summed E-state index contributed by atoms with van der Waals surface area (Å²) in [5.74, 6) is 4.03. The number of hydrogen-bond acceptors (Lipinski definition) is 2. The fraction of sp³-hybridized carbons (Fsp3) is 1.00. The van der Waals surface area contributed by atoms with E-state index in [-0.39, 0.29) is 0 Å². The van der Waals surface area contributed by atoms with Gasteiger partial charge in [0.05, 0.1) is 0 Å². The van der Waals surface area contributed by atoms with Crippen LogP contribution in [0.3, 0.4) is 0 Å². The Morgan fingerprint density at radius 2 is 1.82 bits per heavy atom. The van der Waals surface area contributed by atoms with E-state index in [4.69, 9.17) is 0 Å². The number of hydrogen-bond donors (Lipinski definition) is 1. The maximum atomic E-state index is 3.53. The number of nitrogens with one attached hydrogen (secondary N) is 1. The fourth-order valence-electron chi connectivity index (χ4n) is 3.52. The highest BCUT2D eigenvalue weighted by molar-refractivity contribution is 5.00. The van der Waals surface area contributed by atoms with Crippen LogP contribution in [0.25, 0.3) is 0 Å². The predicted octanol–water partition coefficient (Wildman–Crippen LogP) is 2.60. The first-order valence-electron chi connectivity index (χ1n) is 7.57. The topological polar surface area (TPSA) is 15.3 Å². The van der Waals surface area contributed by atoms with Crippen molar-refractivity contribution in [2.24, 2.45) is 23.7 Å². The van der Waals surface area contributed by atoms with Gasteiger partial charge in [-0.15, -0.1) is 0 Å². The Morgan fingerprint density at radius 3 is 2.41 bits per heavy atom. The molecular formula is C15H30N2. The van der Waals surface area contributed by atoms with Crippen molar-refractivity contribution in [3.8, 4) is 0 Å². The fourth-order valence-corrected chi connectivity index (χ4v) is 3.52. The lowest BCUT2D eigenvalue weighted by Crippen LogP contribution is -2.32. The van der Waals surface area contributed by atoms with Gasteiger partial charge in [0.1, 0.15) is 0 Å². The first-order valence-corrected chi connectivity index (χ1v) is 7.57. The molecule has 2 saturated carbocycles. The quantitative estimate of drug-likeness (QED) is 0.686. The molecule has 2 aliphatic carbocycles. The van der Waals surface area contributed by atoms with Crippen LogP contribution in [0.15, 0.2) is 0 Å². The van der Waals surface area contributed by atoms with Crippen molar-refractivity contribution >= 4 is 0 Å². The van der Waals surface area contributed by atoms with Crippen LogP contribution in [0.4, 0.5) is 0 Å². The maximum absolute atomic E-state index is 3.53. The number of rotatable bonds is 7. The Labute approximate surface area is 107 Å². The smallest absolute Gasteiger partial charge is 0.0104 e. The van der Waals surface area contributed by atoms with Crippen molar-refractivity contribution < 1.29 is 0 Å². The maximum Gasteiger partial charge on any atom is 0.0104 e. The second-order valence-corrected chi connectivity index (χ2v) is 6.64. The van der Waals surface area contributed by atoms with Gasteiger partial charge in [0.25, 0.3) is 0 Å². The first kappa shape index (κ1) is 13.4. The average Bonchev–Trinajstić information content (AvgIpc) is 2.98. The lowest BCUT2D eigenvalue weighted by atomic mass is 10.0. The standard InChI is InChI=1S/C15H30N2/c1-12(2)10-16-8-9-17(3)11-15-13-6-4-5-7-14(13)15/h12-16H,4-11H2,1-3H3. The molecule has 0 bridgehead atoms. The largest absolute Gasteiger partial charge is 0.315 e. The summed E-state index contributed by atoms with van der Waals surface area (Å²) >= 11 is 0. The molecule has 0 radical (unpaired) electrons. The Hall–Kier alpha value is -0.0800. The van der Waals surface area contributed by atoms with Gasteiger partial charge in [-0.1, -0.05) is 26.7 Å². The molecule has 0 aromatic rings. The summed E-state index contributed by atoms with van der Waals surface area (Å²) < 4.78 is 0. The summed E-state index contributed by atoms with van der Waals surface area (Å²) in [5.41, 5.74) is 0. The third-order valence-electron chi connectivity index (χ3n) is 4.58. The minimum Gasteiger partial charge on any atom is -0.315 e. The minimum atomic E-state index is 0.770. The van der Waals surface area contributed by atoms with E-state index in [0.29, 0.717) is 0 Å². The zero-order valence-electron chi connectivity index (χ0n) is 11.9. The number of nitrogens with zero attached hydrogens (tertiary/aromatic N) is 1. The molecule has 0 saturated heterocycles. The molecule has 2 fully saturated rings. The van der Waals surface area contributed by atoms with Gasteiger partial charge in [-0.25, -0.2) is 0 Å². The van der Waals surface area contributed by atoms with Crippen molar-refractivity contribution in [2.45, 2.75) is 39.5 Å². The predicted molar refractivity (Wildman–Crippen MR) is 74.1 cm³/mol. The molecule has 100 valence electrons. The Bertz CT molecular complexity index is 215. The molecule has 2 atom stereocenters. The van der Waals surface area contributed by atoms with E-state index in [9.17, 15) is 0 Å². The molecule has 1 N–H and O–H groups in total. The van der Waals surface area contributed by atoms with E-state index in [0.717, 1.165) is 36.8 Å². The van der Waals surface area contributed by atoms with Gasteiger partial charge in [-0.05, 0) is 50.1 Å². The van der Waals surface area contributed by atoms with Crippen LogP contribution in [0, 0.1) is 23.7 Å². The molecule has 2 heteroatoms. The van der Waals surface area contributed by atoms with Crippen molar-refractivity contribution in [1.82, 2.24) is 10.2 Å². The highest BCUT2D eigenvalue weighted by Gasteiger charge is 2.50. The van der Waals surface area contributed by atoms with Crippen molar-refractivity contribution in [3.63, 3.8) is 0 Å². The Balaban J connectivity index is 1.54. The molecule has 0 aromatic heterocycles. The van der Waals surface area contributed by atoms with E-state index >= 15 is 0 Å². The molecule has 2 nitrogen and oxygen atoms in total. The first-order chi connectivity index (χ1) is 8.18. The van der Waals surface area contributed by atoms with Crippen LogP contribution in [0.5, 0.6) is 0 Å². The molecule has 2 unspecified atom stereocenters. The van der Waals surface area contributed by atoms with Gasteiger partial charge in [0, 0.05) is 19.6 Å². The minimum absolute atomic E-state index is 0.770. The van der Waals surface area contributed by atoms with Crippen LogP contribution < -0.4 is 5.32 Å². The van der Waals surface area contributed by atoms with Gasteiger partial charge in [-0.2, -0.15) is 0 Å². The lowest BCUT2D eigenvalue weighted by molar-refractivity contribution is 0.305. The van der Waals surface area contributed by atoms with E-state index in [2.05, 4.69) is 31.1 Å². The third-order valence-corrected chi connectivity index (χ3v) is 4.58. The van der Waals surface area contributed by atoms with Crippen LogP contribution in [0.2, 0.25) is 0 Å². The summed E-state index contributed by atoms with van der Waals surface area (Å²) in [5, 5.41) is 3.53. The van der Waals surface area contributed by atoms with Crippen molar-refractivity contribution in [2.75, 3.05) is 33.2 Å². The normalized spacial score (nSPS) is 31.9. The molecule has 0 aliphatic heterocycles. The highest BCUT2D eigenvalue weighted by Crippen LogP contribution is 2.55. The third kappa shape index (κ3) is 3.96. The molecule has 17 heavy (non-hydrogen) atoms. The van der Waals surface area contributed by atoms with Crippen molar-refractivity contribution in [1.29, 1.82) is 0 Å². The van der Waals surface area contributed by atoms with Crippen LogP contribution in [-0.2, 0) is 0 Å². The average molecular weight is 238 g/mol. The molecule has 0 aromatic carbocycles. The Morgan fingerprint density at radius 1 is 1.18 bits per heavy atom. The van der Waals surface area contributed by atoms with E-state index < -0.39 is 0 Å². The molecule has 0 heterocycles. The Kier molecular flexibility index (Phi) is 4.87. The second-order valence-electron chi connectivity index (χ2n) is 6.64. The molecule has 2 rings (SSSR count). The SMILES string of the molecule is CC(C)CNCCN(C)CC1C2CCCCC21. The molecule has 0 spiro atoms. The van der Waals surface area contributed by atoms with Gasteiger partial charge >= 0.3 is 0 Å². The van der Waals surface area contributed by atoms with Gasteiger partial charge in [-0.3, -0.25) is 0 Å². The van der Waals surface area contributed by atoms with E-state index in [1.165, 1.54) is 38.8 Å². The zero-order valence-corrected chi connectivity index (χ0v) is 11.9. The summed E-state index contributed by atoms with van der Waals surface area (Å²) in [6.45, 7) is 9.40. The van der Waals surface area contributed by atoms with Crippen molar-refractivity contribution in [3.05, 3.63) is 0 Å².